The molecule has 0 bridgehead atoms. The van der Waals surface area contributed by atoms with Gasteiger partial charge >= 0.3 is 5.97 Å². The number of H-pyrrole nitrogens is 1. The summed E-state index contributed by atoms with van der Waals surface area (Å²) in [4.78, 5) is 27.9. The van der Waals surface area contributed by atoms with Gasteiger partial charge in [-0.2, -0.15) is 4.68 Å². The second-order valence-corrected chi connectivity index (χ2v) is 7.26. The second-order valence-electron chi connectivity index (χ2n) is 5.95. The second kappa shape index (κ2) is 7.75. The highest BCUT2D eigenvalue weighted by molar-refractivity contribution is 8.00. The van der Waals surface area contributed by atoms with Crippen LogP contribution in [0.25, 0.3) is 5.69 Å². The Morgan fingerprint density at radius 1 is 1.22 bits per heavy atom. The maximum absolute atomic E-state index is 12.9. The lowest BCUT2D eigenvalue weighted by Gasteiger charge is -2.10. The van der Waals surface area contributed by atoms with Crippen molar-refractivity contribution >= 4 is 23.5 Å². The van der Waals surface area contributed by atoms with Crippen molar-refractivity contribution in [2.24, 2.45) is 0 Å². The highest BCUT2D eigenvalue weighted by atomic mass is 32.2. The normalized spacial score (nSPS) is 12.0. The zero-order valence-electron chi connectivity index (χ0n) is 15.4. The summed E-state index contributed by atoms with van der Waals surface area (Å²) in [6, 6.07) is 9.45. The molecule has 0 aliphatic carbocycles. The Labute approximate surface area is 160 Å². The third-order valence-corrected chi connectivity index (χ3v) is 5.20. The topological polar surface area (TPSA) is 103 Å². The van der Waals surface area contributed by atoms with Crippen LogP contribution in [0, 0.1) is 13.8 Å². The van der Waals surface area contributed by atoms with E-state index in [2.05, 4.69) is 20.5 Å². The lowest BCUT2D eigenvalue weighted by atomic mass is 10.1. The van der Waals surface area contributed by atoms with E-state index in [1.807, 2.05) is 30.3 Å². The number of nitrogens with zero attached hydrogens (tertiary/aromatic N) is 4. The van der Waals surface area contributed by atoms with E-state index in [9.17, 15) is 9.59 Å². The largest absolute Gasteiger partial charge is 0.465 e. The molecule has 3 aromatic rings. The Balaban J connectivity index is 1.84. The molecule has 9 heteroatoms. The fourth-order valence-corrected chi connectivity index (χ4v) is 3.67. The van der Waals surface area contributed by atoms with Crippen molar-refractivity contribution in [2.45, 2.75) is 31.2 Å². The molecule has 1 N–H and O–H groups in total. The van der Waals surface area contributed by atoms with Crippen LogP contribution in [0.1, 0.15) is 39.0 Å². The van der Waals surface area contributed by atoms with E-state index in [1.54, 1.807) is 25.5 Å². The average Bonchev–Trinajstić information content (AvgIpc) is 3.25. The van der Waals surface area contributed by atoms with Gasteiger partial charge < -0.3 is 9.72 Å². The number of methoxy groups -OCH3 is 1. The number of tetrazole rings is 1. The fraction of sp³-hybridized carbons (Fsp3) is 0.278. The molecule has 0 fully saturated rings. The number of esters is 1. The molecule has 2 heterocycles. The smallest absolute Gasteiger partial charge is 0.339 e. The van der Waals surface area contributed by atoms with Gasteiger partial charge in [-0.1, -0.05) is 30.0 Å². The predicted octanol–water partition coefficient (Wildman–Crippen LogP) is 2.76. The van der Waals surface area contributed by atoms with Crippen molar-refractivity contribution in [1.29, 1.82) is 0 Å². The number of carbonyl (C=O) groups is 2. The number of aromatic amines is 1. The van der Waals surface area contributed by atoms with Crippen molar-refractivity contribution < 1.29 is 14.3 Å². The summed E-state index contributed by atoms with van der Waals surface area (Å²) >= 11 is 1.25. The third-order valence-electron chi connectivity index (χ3n) is 4.17. The number of nitrogens with one attached hydrogen (secondary N) is 1. The first-order valence-corrected chi connectivity index (χ1v) is 9.14. The lowest BCUT2D eigenvalue weighted by Crippen LogP contribution is -2.16. The predicted molar refractivity (Wildman–Crippen MR) is 100 cm³/mol. The molecule has 0 spiro atoms. The number of para-hydroxylation sites is 1. The first-order valence-electron chi connectivity index (χ1n) is 8.26. The Hall–Kier alpha value is -2.94. The maximum atomic E-state index is 12.9. The summed E-state index contributed by atoms with van der Waals surface area (Å²) in [6.07, 6.45) is 0. The molecule has 3 rings (SSSR count). The third kappa shape index (κ3) is 3.63. The number of hydrogen-bond acceptors (Lipinski definition) is 7. The van der Waals surface area contributed by atoms with Gasteiger partial charge in [-0.25, -0.2) is 4.79 Å². The van der Waals surface area contributed by atoms with Gasteiger partial charge in [0.25, 0.3) is 0 Å². The van der Waals surface area contributed by atoms with Crippen LogP contribution < -0.4 is 0 Å². The number of Topliss-reactive ketones (excluding diaryl/α,β-unsaturated/α-hetero) is 1. The van der Waals surface area contributed by atoms with Crippen LogP contribution in [0.15, 0.2) is 35.5 Å². The minimum absolute atomic E-state index is 0.140. The van der Waals surface area contributed by atoms with Crippen LogP contribution in [0.3, 0.4) is 0 Å². The molecular weight excluding hydrogens is 366 g/mol. The molecule has 0 radical (unpaired) electrons. The monoisotopic (exact) mass is 385 g/mol. The molecule has 1 aromatic carbocycles. The van der Waals surface area contributed by atoms with Crippen LogP contribution in [0.4, 0.5) is 0 Å². The van der Waals surface area contributed by atoms with Gasteiger partial charge in [0, 0.05) is 5.69 Å². The van der Waals surface area contributed by atoms with E-state index in [0.717, 1.165) is 5.69 Å². The maximum Gasteiger partial charge on any atom is 0.339 e. The van der Waals surface area contributed by atoms with E-state index >= 15 is 0 Å². The van der Waals surface area contributed by atoms with Crippen LogP contribution in [-0.2, 0) is 4.74 Å². The Morgan fingerprint density at radius 3 is 2.59 bits per heavy atom. The summed E-state index contributed by atoms with van der Waals surface area (Å²) in [7, 11) is 1.32. The van der Waals surface area contributed by atoms with E-state index in [4.69, 9.17) is 4.74 Å². The van der Waals surface area contributed by atoms with E-state index < -0.39 is 11.2 Å². The Morgan fingerprint density at radius 2 is 1.93 bits per heavy atom. The van der Waals surface area contributed by atoms with Gasteiger partial charge in [-0.15, -0.1) is 5.10 Å². The van der Waals surface area contributed by atoms with Crippen LogP contribution >= 0.6 is 11.8 Å². The van der Waals surface area contributed by atoms with Crippen LogP contribution in [0.2, 0.25) is 0 Å². The number of ketones is 1. The highest BCUT2D eigenvalue weighted by Crippen LogP contribution is 2.27. The van der Waals surface area contributed by atoms with Crippen molar-refractivity contribution in [1.82, 2.24) is 25.2 Å². The summed E-state index contributed by atoms with van der Waals surface area (Å²) in [5, 5.41) is 11.8. The molecule has 2 aromatic heterocycles. The SMILES string of the molecule is COC(=O)c1c(C)[nH]c(C(=O)[C@H](C)Sc2nnnn2-c2ccccc2)c1C. The molecule has 27 heavy (non-hydrogen) atoms. The van der Waals surface area contributed by atoms with Gasteiger partial charge in [-0.3, -0.25) is 4.79 Å². The molecule has 1 atom stereocenters. The molecular formula is C18H19N5O3S. The molecule has 0 aliphatic heterocycles. The standard InChI is InChI=1S/C18H19N5O3S/c1-10-14(17(25)26-4)11(2)19-15(10)16(24)12(3)27-18-20-21-22-23(18)13-8-6-5-7-9-13/h5-9,12,19H,1-4H3/t12-/m0/s1. The number of ether oxygens (including phenoxy) is 1. The first-order chi connectivity index (χ1) is 12.9. The minimum Gasteiger partial charge on any atom is -0.465 e. The summed E-state index contributed by atoms with van der Waals surface area (Å²) < 4.78 is 6.38. The van der Waals surface area contributed by atoms with Gasteiger partial charge in [0.15, 0.2) is 5.78 Å². The van der Waals surface area contributed by atoms with Crippen LogP contribution in [-0.4, -0.2) is 49.3 Å². The van der Waals surface area contributed by atoms with E-state index in [-0.39, 0.29) is 5.78 Å². The minimum atomic E-state index is -0.464. The van der Waals surface area contributed by atoms with Crippen molar-refractivity contribution in [3.63, 3.8) is 0 Å². The first kappa shape index (κ1) is 18.8. The van der Waals surface area contributed by atoms with Crippen molar-refractivity contribution in [2.75, 3.05) is 7.11 Å². The molecule has 0 amide bonds. The number of rotatable bonds is 6. The van der Waals surface area contributed by atoms with E-state index in [1.165, 1.54) is 18.9 Å². The number of aromatic nitrogens is 5. The number of hydrogen-bond donors (Lipinski definition) is 1. The Kier molecular flexibility index (Phi) is 5.41. The highest BCUT2D eigenvalue weighted by Gasteiger charge is 2.27. The molecule has 0 saturated carbocycles. The zero-order valence-corrected chi connectivity index (χ0v) is 16.2. The molecule has 8 nitrogen and oxygen atoms in total. The molecule has 0 aliphatic rings. The van der Waals surface area contributed by atoms with Gasteiger partial charge in [0.1, 0.15) is 0 Å². The lowest BCUT2D eigenvalue weighted by molar-refractivity contribution is 0.0599. The van der Waals surface area contributed by atoms with Crippen molar-refractivity contribution in [3.8, 4) is 5.69 Å². The van der Waals surface area contributed by atoms with Gasteiger partial charge in [0.2, 0.25) is 5.16 Å². The zero-order chi connectivity index (χ0) is 19.6. The number of aryl methyl sites for hydroxylation is 1. The fourth-order valence-electron chi connectivity index (χ4n) is 2.80. The average molecular weight is 385 g/mol. The molecule has 140 valence electrons. The summed E-state index contributed by atoms with van der Waals surface area (Å²) in [5.74, 6) is -0.605. The molecule has 0 saturated heterocycles. The summed E-state index contributed by atoms with van der Waals surface area (Å²) in [6.45, 7) is 5.25. The molecule has 0 unspecified atom stereocenters. The van der Waals surface area contributed by atoms with E-state index in [0.29, 0.717) is 27.7 Å². The number of thioether (sulfide) groups is 1. The van der Waals surface area contributed by atoms with Gasteiger partial charge in [0.05, 0.1) is 29.3 Å². The summed E-state index contributed by atoms with van der Waals surface area (Å²) in [5.41, 5.74) is 2.79. The van der Waals surface area contributed by atoms with Gasteiger partial charge in [-0.05, 0) is 48.9 Å². The number of benzene rings is 1. The van der Waals surface area contributed by atoms with Crippen molar-refractivity contribution in [3.05, 3.63) is 52.8 Å². The number of carbonyl (C=O) groups excluding carboxylic acids is 2. The van der Waals surface area contributed by atoms with Crippen LogP contribution in [0.5, 0.6) is 0 Å². The quantitative estimate of drug-likeness (QED) is 0.395. The Bertz CT molecular complexity index is 980.